The van der Waals surface area contributed by atoms with Crippen LogP contribution in [0, 0.1) is 0 Å². The Morgan fingerprint density at radius 1 is 1.13 bits per heavy atom. The van der Waals surface area contributed by atoms with Crippen LogP contribution in [0.1, 0.15) is 0 Å². The van der Waals surface area contributed by atoms with Crippen LogP contribution in [0.25, 0.3) is 11.2 Å². The van der Waals surface area contributed by atoms with Crippen molar-refractivity contribution in [2.45, 2.75) is 6.54 Å². The average molecular weight is 429 g/mol. The van der Waals surface area contributed by atoms with Crippen molar-refractivity contribution in [3.63, 3.8) is 0 Å². The number of esters is 1. The monoisotopic (exact) mass is 429 g/mol. The number of imidazole rings is 1. The van der Waals surface area contributed by atoms with Gasteiger partial charge >= 0.3 is 11.7 Å². The first kappa shape index (κ1) is 20.2. The SMILES string of the molecule is Cn1c(=O)c2c(ncn2CC(=O)OCC(=O)Nc2ccc3c(c2)OCCO3)n(C)c1=O. The van der Waals surface area contributed by atoms with Crippen LogP contribution in [0.4, 0.5) is 5.69 Å². The molecule has 0 aliphatic carbocycles. The number of hydrogen-bond acceptors (Lipinski definition) is 8. The van der Waals surface area contributed by atoms with E-state index in [9.17, 15) is 19.2 Å². The molecule has 12 nitrogen and oxygen atoms in total. The molecule has 0 fully saturated rings. The number of amides is 1. The molecule has 0 spiro atoms. The second-order valence-electron chi connectivity index (χ2n) is 6.82. The Hall–Kier alpha value is -4.09. The maximum absolute atomic E-state index is 12.4. The second kappa shape index (κ2) is 7.97. The Morgan fingerprint density at radius 3 is 2.65 bits per heavy atom. The predicted molar refractivity (Wildman–Crippen MR) is 107 cm³/mol. The highest BCUT2D eigenvalue weighted by molar-refractivity contribution is 5.93. The van der Waals surface area contributed by atoms with Crippen molar-refractivity contribution < 1.29 is 23.8 Å². The lowest BCUT2D eigenvalue weighted by Gasteiger charge is -2.19. The van der Waals surface area contributed by atoms with Gasteiger partial charge in [-0.3, -0.25) is 23.5 Å². The molecule has 162 valence electrons. The van der Waals surface area contributed by atoms with Gasteiger partial charge in [-0.1, -0.05) is 0 Å². The van der Waals surface area contributed by atoms with Crippen LogP contribution in [0.2, 0.25) is 0 Å². The van der Waals surface area contributed by atoms with Crippen LogP contribution >= 0.6 is 0 Å². The Labute approximate surface area is 174 Å². The van der Waals surface area contributed by atoms with Crippen molar-refractivity contribution in [3.05, 3.63) is 45.4 Å². The van der Waals surface area contributed by atoms with E-state index in [0.29, 0.717) is 30.4 Å². The van der Waals surface area contributed by atoms with E-state index in [4.69, 9.17) is 14.2 Å². The maximum Gasteiger partial charge on any atom is 0.332 e. The van der Waals surface area contributed by atoms with Crippen LogP contribution in [0.15, 0.2) is 34.1 Å². The van der Waals surface area contributed by atoms with E-state index in [1.807, 2.05) is 0 Å². The second-order valence-corrected chi connectivity index (χ2v) is 6.82. The van der Waals surface area contributed by atoms with E-state index in [0.717, 1.165) is 4.57 Å². The minimum Gasteiger partial charge on any atom is -0.486 e. The fourth-order valence-electron chi connectivity index (χ4n) is 3.17. The highest BCUT2D eigenvalue weighted by Crippen LogP contribution is 2.32. The first-order valence-electron chi connectivity index (χ1n) is 9.31. The molecule has 1 aromatic carbocycles. The van der Waals surface area contributed by atoms with Crippen LogP contribution in [0.3, 0.4) is 0 Å². The summed E-state index contributed by atoms with van der Waals surface area (Å²) >= 11 is 0. The van der Waals surface area contributed by atoms with Gasteiger partial charge in [-0.2, -0.15) is 0 Å². The van der Waals surface area contributed by atoms with Crippen LogP contribution in [-0.4, -0.2) is 50.4 Å². The van der Waals surface area contributed by atoms with Crippen LogP contribution < -0.4 is 26.0 Å². The van der Waals surface area contributed by atoms with Crippen molar-refractivity contribution in [2.75, 3.05) is 25.1 Å². The summed E-state index contributed by atoms with van der Waals surface area (Å²) in [6.07, 6.45) is 1.27. The fraction of sp³-hybridized carbons (Fsp3) is 0.316. The Kier molecular flexibility index (Phi) is 5.19. The number of nitrogens with zero attached hydrogens (tertiary/aromatic N) is 4. The van der Waals surface area contributed by atoms with Gasteiger partial charge in [0.1, 0.15) is 19.8 Å². The summed E-state index contributed by atoms with van der Waals surface area (Å²) < 4.78 is 19.3. The zero-order valence-electron chi connectivity index (χ0n) is 16.8. The van der Waals surface area contributed by atoms with Crippen LogP contribution in [-0.2, 0) is 35.0 Å². The smallest absolute Gasteiger partial charge is 0.332 e. The number of nitrogens with one attached hydrogen (secondary N) is 1. The van der Waals surface area contributed by atoms with Crippen molar-refractivity contribution in [1.29, 1.82) is 0 Å². The van der Waals surface area contributed by atoms with Gasteiger partial charge in [0, 0.05) is 25.8 Å². The molecule has 0 saturated carbocycles. The molecule has 12 heteroatoms. The molecule has 0 unspecified atom stereocenters. The number of carbonyl (C=O) groups is 2. The number of aromatic nitrogens is 4. The largest absolute Gasteiger partial charge is 0.486 e. The summed E-state index contributed by atoms with van der Waals surface area (Å²) in [7, 11) is 2.81. The average Bonchev–Trinajstić information content (AvgIpc) is 3.18. The molecule has 31 heavy (non-hydrogen) atoms. The van der Waals surface area contributed by atoms with E-state index >= 15 is 0 Å². The third-order valence-corrected chi connectivity index (χ3v) is 4.71. The minimum absolute atomic E-state index is 0.0854. The maximum atomic E-state index is 12.4. The molecule has 3 aromatic rings. The molecule has 1 N–H and O–H groups in total. The zero-order valence-corrected chi connectivity index (χ0v) is 16.8. The summed E-state index contributed by atoms with van der Waals surface area (Å²) in [5.41, 5.74) is -0.407. The Morgan fingerprint density at radius 2 is 1.87 bits per heavy atom. The molecule has 1 aliphatic rings. The minimum atomic E-state index is -0.743. The van der Waals surface area contributed by atoms with E-state index < -0.39 is 29.7 Å². The molecule has 0 bridgehead atoms. The molecule has 1 aliphatic heterocycles. The molecular formula is C19H19N5O7. The quantitative estimate of drug-likeness (QED) is 0.531. The number of fused-ring (bicyclic) bond motifs is 2. The number of benzene rings is 1. The number of rotatable bonds is 5. The standard InChI is InChI=1S/C19H19N5O7/c1-22-17-16(18(27)23(2)19(22)28)24(10-20-17)8-15(26)31-9-14(25)21-11-3-4-12-13(7-11)30-6-5-29-12/h3-4,7,10H,5-6,8-9H2,1-2H3,(H,21,25). The number of anilines is 1. The normalized spacial score (nSPS) is 12.6. The number of carbonyl (C=O) groups excluding carboxylic acids is 2. The van der Waals surface area contributed by atoms with Crippen molar-refractivity contribution in [3.8, 4) is 11.5 Å². The lowest BCUT2D eigenvalue weighted by molar-refractivity contribution is -0.147. The molecule has 4 rings (SSSR count). The highest BCUT2D eigenvalue weighted by atomic mass is 16.6. The van der Waals surface area contributed by atoms with E-state index in [1.165, 1.54) is 29.6 Å². The van der Waals surface area contributed by atoms with Gasteiger partial charge in [0.15, 0.2) is 29.3 Å². The first-order valence-corrected chi connectivity index (χ1v) is 9.31. The molecule has 0 radical (unpaired) electrons. The highest BCUT2D eigenvalue weighted by Gasteiger charge is 2.17. The van der Waals surface area contributed by atoms with Crippen molar-refractivity contribution in [2.24, 2.45) is 14.1 Å². The molecule has 3 heterocycles. The Bertz CT molecular complexity index is 1300. The van der Waals surface area contributed by atoms with E-state index in [-0.39, 0.29) is 17.7 Å². The van der Waals surface area contributed by atoms with E-state index in [1.54, 1.807) is 18.2 Å². The molecule has 0 saturated heterocycles. The third kappa shape index (κ3) is 3.86. The van der Waals surface area contributed by atoms with Gasteiger partial charge in [0.2, 0.25) is 0 Å². The van der Waals surface area contributed by atoms with Crippen LogP contribution in [0.5, 0.6) is 11.5 Å². The molecule has 2 aromatic heterocycles. The summed E-state index contributed by atoms with van der Waals surface area (Å²) in [6.45, 7) is 0.0170. The van der Waals surface area contributed by atoms with Gasteiger partial charge in [0.25, 0.3) is 11.5 Å². The summed E-state index contributed by atoms with van der Waals surface area (Å²) in [5.74, 6) is -0.178. The van der Waals surface area contributed by atoms with Crippen molar-refractivity contribution in [1.82, 2.24) is 18.7 Å². The number of ether oxygens (including phenoxy) is 3. The molecular weight excluding hydrogens is 410 g/mol. The van der Waals surface area contributed by atoms with Gasteiger partial charge in [0.05, 0.1) is 6.33 Å². The lowest BCUT2D eigenvalue weighted by atomic mass is 10.2. The molecule has 1 amide bonds. The summed E-state index contributed by atoms with van der Waals surface area (Å²) in [6, 6.07) is 4.94. The first-order chi connectivity index (χ1) is 14.8. The van der Waals surface area contributed by atoms with Gasteiger partial charge in [-0.05, 0) is 12.1 Å². The topological polar surface area (TPSA) is 136 Å². The van der Waals surface area contributed by atoms with Gasteiger partial charge in [-0.25, -0.2) is 9.78 Å². The third-order valence-electron chi connectivity index (χ3n) is 4.71. The zero-order chi connectivity index (χ0) is 22.1. The van der Waals surface area contributed by atoms with Gasteiger partial charge < -0.3 is 24.1 Å². The number of hydrogen-bond donors (Lipinski definition) is 1. The van der Waals surface area contributed by atoms with Gasteiger partial charge in [-0.15, -0.1) is 0 Å². The number of aryl methyl sites for hydroxylation is 1. The fourth-order valence-corrected chi connectivity index (χ4v) is 3.17. The van der Waals surface area contributed by atoms with Crippen molar-refractivity contribution >= 4 is 28.7 Å². The summed E-state index contributed by atoms with van der Waals surface area (Å²) in [4.78, 5) is 52.7. The molecule has 0 atom stereocenters. The lowest BCUT2D eigenvalue weighted by Crippen LogP contribution is -2.37. The summed E-state index contributed by atoms with van der Waals surface area (Å²) in [5, 5.41) is 2.60. The Balaban J connectivity index is 1.39. The predicted octanol–water partition coefficient (Wildman–Crippen LogP) is -0.613. The van der Waals surface area contributed by atoms with E-state index in [2.05, 4.69) is 10.3 Å².